The molecule has 2 heterocycles. The van der Waals surface area contributed by atoms with Gasteiger partial charge in [-0.25, -0.2) is 9.97 Å². The number of hydrogen-bond donors (Lipinski definition) is 2. The van der Waals surface area contributed by atoms with Gasteiger partial charge in [0.1, 0.15) is 11.6 Å². The topological polar surface area (TPSA) is 63.8 Å². The monoisotopic (exact) mass is 254 g/mol. The zero-order valence-corrected chi connectivity index (χ0v) is 10.1. The van der Waals surface area contributed by atoms with Crippen molar-refractivity contribution in [2.75, 3.05) is 11.9 Å². The number of aromatic nitrogens is 2. The van der Waals surface area contributed by atoms with Crippen molar-refractivity contribution in [3.63, 3.8) is 0 Å². The van der Waals surface area contributed by atoms with E-state index in [1.165, 1.54) is 11.3 Å². The van der Waals surface area contributed by atoms with E-state index in [2.05, 4.69) is 15.3 Å². The van der Waals surface area contributed by atoms with Crippen LogP contribution in [-0.2, 0) is 6.42 Å². The number of halogens is 1. The summed E-state index contributed by atoms with van der Waals surface area (Å²) in [5.41, 5.74) is 5.45. The molecule has 0 atom stereocenters. The molecule has 84 valence electrons. The second-order valence-corrected chi connectivity index (χ2v) is 4.84. The Kier molecular flexibility index (Phi) is 3.71. The van der Waals surface area contributed by atoms with Gasteiger partial charge in [-0.1, -0.05) is 11.6 Å². The van der Waals surface area contributed by atoms with Crippen molar-refractivity contribution in [2.24, 2.45) is 5.73 Å². The lowest BCUT2D eigenvalue weighted by Crippen LogP contribution is -2.07. The van der Waals surface area contributed by atoms with Crippen LogP contribution in [-0.4, -0.2) is 16.5 Å². The molecule has 4 nitrogen and oxygen atoms in total. The second-order valence-electron chi connectivity index (χ2n) is 3.13. The molecule has 0 unspecified atom stereocenters. The number of rotatable bonds is 4. The standard InChI is InChI=1S/C10H11ClN4S/c11-7-1-2-10(16-7)15-9-4-6-13-8(14-9)3-5-12/h1-2,4,6H,3,5,12H2,(H,13,14,15). The smallest absolute Gasteiger partial charge is 0.134 e. The summed E-state index contributed by atoms with van der Waals surface area (Å²) in [5, 5.41) is 4.13. The molecule has 0 bridgehead atoms. The minimum absolute atomic E-state index is 0.550. The molecular formula is C10H11ClN4S. The maximum Gasteiger partial charge on any atom is 0.134 e. The number of anilines is 2. The van der Waals surface area contributed by atoms with E-state index in [0.717, 1.165) is 21.0 Å². The van der Waals surface area contributed by atoms with Crippen LogP contribution in [0.4, 0.5) is 10.8 Å². The molecule has 2 rings (SSSR count). The summed E-state index contributed by atoms with van der Waals surface area (Å²) in [6.07, 6.45) is 2.40. The van der Waals surface area contributed by atoms with Crippen LogP contribution in [0.3, 0.4) is 0 Å². The van der Waals surface area contributed by atoms with Crippen molar-refractivity contribution < 1.29 is 0 Å². The number of nitrogens with two attached hydrogens (primary N) is 1. The fourth-order valence-corrected chi connectivity index (χ4v) is 2.18. The number of thiophene rings is 1. The summed E-state index contributed by atoms with van der Waals surface area (Å²) >= 11 is 7.31. The molecule has 6 heteroatoms. The Morgan fingerprint density at radius 2 is 2.25 bits per heavy atom. The molecule has 0 aliphatic heterocycles. The summed E-state index contributed by atoms with van der Waals surface area (Å²) in [6.45, 7) is 0.550. The first-order valence-electron chi connectivity index (χ1n) is 4.82. The number of hydrogen-bond acceptors (Lipinski definition) is 5. The lowest BCUT2D eigenvalue weighted by atomic mass is 10.4. The molecule has 0 spiro atoms. The van der Waals surface area contributed by atoms with E-state index in [1.807, 2.05) is 18.2 Å². The van der Waals surface area contributed by atoms with Gasteiger partial charge in [-0.05, 0) is 24.7 Å². The summed E-state index contributed by atoms with van der Waals surface area (Å²) in [5.74, 6) is 1.51. The fraction of sp³-hybridized carbons (Fsp3) is 0.200. The first-order chi connectivity index (χ1) is 7.78. The van der Waals surface area contributed by atoms with Crippen molar-refractivity contribution in [3.05, 3.63) is 34.6 Å². The zero-order valence-electron chi connectivity index (χ0n) is 8.48. The Morgan fingerprint density at radius 3 is 2.94 bits per heavy atom. The van der Waals surface area contributed by atoms with Gasteiger partial charge in [0.25, 0.3) is 0 Å². The van der Waals surface area contributed by atoms with Gasteiger partial charge < -0.3 is 11.1 Å². The van der Waals surface area contributed by atoms with Gasteiger partial charge in [0.2, 0.25) is 0 Å². The molecule has 0 saturated heterocycles. The van der Waals surface area contributed by atoms with Crippen molar-refractivity contribution in [1.82, 2.24) is 9.97 Å². The Bertz CT molecular complexity index is 471. The Hall–Kier alpha value is -1.17. The van der Waals surface area contributed by atoms with Crippen LogP contribution in [0.15, 0.2) is 24.4 Å². The van der Waals surface area contributed by atoms with E-state index >= 15 is 0 Å². The second kappa shape index (κ2) is 5.25. The maximum absolute atomic E-state index is 5.84. The molecule has 0 aliphatic carbocycles. The lowest BCUT2D eigenvalue weighted by Gasteiger charge is -2.03. The summed E-state index contributed by atoms with van der Waals surface area (Å²) in [4.78, 5) is 8.45. The molecule has 0 aromatic carbocycles. The first-order valence-corrected chi connectivity index (χ1v) is 6.02. The van der Waals surface area contributed by atoms with E-state index in [1.54, 1.807) is 6.20 Å². The number of nitrogens with zero attached hydrogens (tertiary/aromatic N) is 2. The van der Waals surface area contributed by atoms with E-state index in [0.29, 0.717) is 13.0 Å². The van der Waals surface area contributed by atoms with Gasteiger partial charge in [-0.15, -0.1) is 11.3 Å². The van der Waals surface area contributed by atoms with Gasteiger partial charge >= 0.3 is 0 Å². The third-order valence-electron chi connectivity index (χ3n) is 1.90. The zero-order chi connectivity index (χ0) is 11.4. The van der Waals surface area contributed by atoms with Crippen molar-refractivity contribution in [1.29, 1.82) is 0 Å². The van der Waals surface area contributed by atoms with Gasteiger partial charge in [-0.3, -0.25) is 0 Å². The normalized spacial score (nSPS) is 10.4. The first kappa shape index (κ1) is 11.3. The molecule has 0 amide bonds. The van der Waals surface area contributed by atoms with E-state index < -0.39 is 0 Å². The van der Waals surface area contributed by atoms with E-state index in [-0.39, 0.29) is 0 Å². The van der Waals surface area contributed by atoms with Crippen LogP contribution >= 0.6 is 22.9 Å². The maximum atomic E-state index is 5.84. The minimum atomic E-state index is 0.550. The van der Waals surface area contributed by atoms with Gasteiger partial charge in [0.15, 0.2) is 0 Å². The summed E-state index contributed by atoms with van der Waals surface area (Å²) in [6, 6.07) is 5.57. The van der Waals surface area contributed by atoms with Crippen LogP contribution < -0.4 is 11.1 Å². The molecule has 0 radical (unpaired) electrons. The third-order valence-corrected chi connectivity index (χ3v) is 3.04. The average molecular weight is 255 g/mol. The average Bonchev–Trinajstić information content (AvgIpc) is 2.65. The van der Waals surface area contributed by atoms with Crippen molar-refractivity contribution in [2.45, 2.75) is 6.42 Å². The summed E-state index contributed by atoms with van der Waals surface area (Å²) < 4.78 is 0.749. The molecule has 16 heavy (non-hydrogen) atoms. The third kappa shape index (κ3) is 2.91. The predicted octanol–water partition coefficient (Wildman–Crippen LogP) is 2.44. The molecule has 0 saturated carbocycles. The van der Waals surface area contributed by atoms with E-state index in [4.69, 9.17) is 17.3 Å². The van der Waals surface area contributed by atoms with Gasteiger partial charge in [-0.2, -0.15) is 0 Å². The highest BCUT2D eigenvalue weighted by molar-refractivity contribution is 7.19. The lowest BCUT2D eigenvalue weighted by molar-refractivity contribution is 0.870. The van der Waals surface area contributed by atoms with Crippen molar-refractivity contribution in [3.8, 4) is 0 Å². The highest BCUT2D eigenvalue weighted by Crippen LogP contribution is 2.28. The largest absolute Gasteiger partial charge is 0.332 e. The van der Waals surface area contributed by atoms with Gasteiger partial charge in [0.05, 0.1) is 9.34 Å². The molecule has 2 aromatic heterocycles. The van der Waals surface area contributed by atoms with Crippen LogP contribution in [0.2, 0.25) is 4.34 Å². The Balaban J connectivity index is 2.12. The van der Waals surface area contributed by atoms with Crippen molar-refractivity contribution >= 4 is 33.8 Å². The molecule has 3 N–H and O–H groups in total. The fourth-order valence-electron chi connectivity index (χ4n) is 1.23. The van der Waals surface area contributed by atoms with Crippen LogP contribution in [0.25, 0.3) is 0 Å². The van der Waals surface area contributed by atoms with E-state index in [9.17, 15) is 0 Å². The molecule has 0 aliphatic rings. The quantitative estimate of drug-likeness (QED) is 0.880. The van der Waals surface area contributed by atoms with Gasteiger partial charge in [0, 0.05) is 12.6 Å². The number of nitrogens with one attached hydrogen (secondary N) is 1. The van der Waals surface area contributed by atoms with Crippen LogP contribution in [0, 0.1) is 0 Å². The predicted molar refractivity (Wildman–Crippen MR) is 67.4 cm³/mol. The minimum Gasteiger partial charge on any atom is -0.332 e. The summed E-state index contributed by atoms with van der Waals surface area (Å²) in [7, 11) is 0. The molecule has 2 aromatic rings. The van der Waals surface area contributed by atoms with Crippen LogP contribution in [0.5, 0.6) is 0 Å². The Morgan fingerprint density at radius 1 is 1.38 bits per heavy atom. The molecular weight excluding hydrogens is 244 g/mol. The highest BCUT2D eigenvalue weighted by atomic mass is 35.5. The van der Waals surface area contributed by atoms with Crippen LogP contribution in [0.1, 0.15) is 5.82 Å². The highest BCUT2D eigenvalue weighted by Gasteiger charge is 2.01. The SMILES string of the molecule is NCCc1nccc(Nc2ccc(Cl)s2)n1. The Labute approximate surface area is 102 Å². The molecule has 0 fully saturated rings.